The normalized spacial score (nSPS) is 12.1. The highest BCUT2D eigenvalue weighted by Crippen LogP contribution is 2.16. The zero-order chi connectivity index (χ0) is 13.4. The lowest BCUT2D eigenvalue weighted by Gasteiger charge is -2.06. The van der Waals surface area contributed by atoms with Crippen LogP contribution in [-0.2, 0) is 10.8 Å². The molecule has 0 amide bonds. The first-order valence-corrected chi connectivity index (χ1v) is 7.20. The van der Waals surface area contributed by atoms with Crippen LogP contribution in [0.25, 0.3) is 0 Å². The van der Waals surface area contributed by atoms with Crippen molar-refractivity contribution < 1.29 is 13.9 Å². The first-order chi connectivity index (χ1) is 8.59. The summed E-state index contributed by atoms with van der Waals surface area (Å²) in [6.07, 6.45) is 1.66. The number of nitro benzene ring substituents is 1. The van der Waals surface area contributed by atoms with Crippen LogP contribution < -0.4 is 10.1 Å². The fourth-order valence-corrected chi connectivity index (χ4v) is 1.68. The monoisotopic (exact) mass is 272 g/mol. The molecule has 0 aromatic heterocycles. The van der Waals surface area contributed by atoms with Gasteiger partial charge in [0.05, 0.1) is 4.92 Å². The second-order valence-electron chi connectivity index (χ2n) is 3.63. The summed E-state index contributed by atoms with van der Waals surface area (Å²) in [5, 5.41) is 13.5. The molecule has 18 heavy (non-hydrogen) atoms. The van der Waals surface area contributed by atoms with Gasteiger partial charge in [0.1, 0.15) is 12.4 Å². The van der Waals surface area contributed by atoms with Crippen molar-refractivity contribution in [2.24, 2.45) is 0 Å². The molecule has 0 saturated carbocycles. The number of non-ortho nitro benzene ring substituents is 1. The molecule has 0 aliphatic heterocycles. The molecule has 0 aliphatic carbocycles. The Kier molecular flexibility index (Phi) is 6.31. The van der Waals surface area contributed by atoms with Crippen LogP contribution in [0.15, 0.2) is 24.3 Å². The van der Waals surface area contributed by atoms with E-state index in [9.17, 15) is 14.3 Å². The number of hydrogen-bond donors (Lipinski definition) is 1. The van der Waals surface area contributed by atoms with E-state index in [1.807, 2.05) is 0 Å². The lowest BCUT2D eigenvalue weighted by atomic mass is 10.3. The van der Waals surface area contributed by atoms with Crippen molar-refractivity contribution in [2.75, 3.05) is 31.7 Å². The van der Waals surface area contributed by atoms with E-state index in [2.05, 4.69) is 5.32 Å². The van der Waals surface area contributed by atoms with Crippen molar-refractivity contribution in [1.82, 2.24) is 5.32 Å². The fourth-order valence-electron chi connectivity index (χ4n) is 1.25. The van der Waals surface area contributed by atoms with E-state index in [-0.39, 0.29) is 5.69 Å². The molecule has 0 saturated heterocycles. The summed E-state index contributed by atoms with van der Waals surface area (Å²) in [7, 11) is -0.781. The van der Waals surface area contributed by atoms with Gasteiger partial charge in [0.15, 0.2) is 0 Å². The molecule has 0 radical (unpaired) electrons. The second-order valence-corrected chi connectivity index (χ2v) is 5.18. The third-order valence-corrected chi connectivity index (χ3v) is 2.94. The van der Waals surface area contributed by atoms with Crippen LogP contribution in [0.1, 0.15) is 0 Å². The van der Waals surface area contributed by atoms with Gasteiger partial charge < -0.3 is 10.1 Å². The van der Waals surface area contributed by atoms with Crippen molar-refractivity contribution in [1.29, 1.82) is 0 Å². The van der Waals surface area contributed by atoms with Gasteiger partial charge in [-0.25, -0.2) is 0 Å². The fraction of sp³-hybridized carbons (Fsp3) is 0.455. The Labute approximate surface area is 108 Å². The summed E-state index contributed by atoms with van der Waals surface area (Å²) >= 11 is 0. The molecule has 7 heteroatoms. The van der Waals surface area contributed by atoms with Crippen molar-refractivity contribution in [3.8, 4) is 5.75 Å². The second kappa shape index (κ2) is 7.78. The zero-order valence-electron chi connectivity index (χ0n) is 10.1. The van der Waals surface area contributed by atoms with Crippen molar-refractivity contribution in [3.63, 3.8) is 0 Å². The van der Waals surface area contributed by atoms with E-state index in [1.54, 1.807) is 18.4 Å². The molecule has 6 nitrogen and oxygen atoms in total. The largest absolute Gasteiger partial charge is 0.492 e. The van der Waals surface area contributed by atoms with Crippen molar-refractivity contribution in [2.45, 2.75) is 0 Å². The molecule has 1 aromatic carbocycles. The molecule has 1 unspecified atom stereocenters. The molecule has 0 heterocycles. The standard InChI is InChI=1S/C11H16N2O4S/c1-18(16)9-7-12-6-8-17-11-4-2-10(3-5-11)13(14)15/h2-5,12H,6-9H2,1H3. The average Bonchev–Trinajstić information content (AvgIpc) is 2.34. The highest BCUT2D eigenvalue weighted by Gasteiger charge is 2.03. The molecule has 1 rings (SSSR count). The predicted molar refractivity (Wildman–Crippen MR) is 70.4 cm³/mol. The first-order valence-electron chi connectivity index (χ1n) is 5.47. The number of nitro groups is 1. The van der Waals surface area contributed by atoms with Crippen LogP contribution in [0.5, 0.6) is 5.75 Å². The third-order valence-electron chi connectivity index (χ3n) is 2.16. The summed E-state index contributed by atoms with van der Waals surface area (Å²) < 4.78 is 16.2. The third kappa shape index (κ3) is 5.74. The molecular weight excluding hydrogens is 256 g/mol. The SMILES string of the molecule is CS(=O)CCNCCOc1ccc([N+](=O)[O-])cc1. The lowest BCUT2D eigenvalue weighted by molar-refractivity contribution is -0.384. The van der Waals surface area contributed by atoms with Gasteiger partial charge in [-0.2, -0.15) is 0 Å². The maximum Gasteiger partial charge on any atom is 0.269 e. The number of nitrogens with one attached hydrogen (secondary N) is 1. The van der Waals surface area contributed by atoms with Gasteiger partial charge in [0.25, 0.3) is 5.69 Å². The van der Waals surface area contributed by atoms with Crippen LogP contribution in [0.2, 0.25) is 0 Å². The van der Waals surface area contributed by atoms with Gasteiger partial charge in [-0.15, -0.1) is 0 Å². The van der Waals surface area contributed by atoms with Gasteiger partial charge in [-0.1, -0.05) is 0 Å². The van der Waals surface area contributed by atoms with E-state index in [0.29, 0.717) is 31.2 Å². The van der Waals surface area contributed by atoms with E-state index < -0.39 is 15.7 Å². The number of benzene rings is 1. The molecule has 0 spiro atoms. The Bertz CT molecular complexity index is 408. The highest BCUT2D eigenvalue weighted by atomic mass is 32.2. The number of hydrogen-bond acceptors (Lipinski definition) is 5. The topological polar surface area (TPSA) is 81.5 Å². The smallest absolute Gasteiger partial charge is 0.269 e. The minimum atomic E-state index is -0.781. The van der Waals surface area contributed by atoms with Crippen LogP contribution in [-0.4, -0.2) is 40.8 Å². The van der Waals surface area contributed by atoms with Crippen molar-refractivity contribution in [3.05, 3.63) is 34.4 Å². The maximum absolute atomic E-state index is 10.8. The minimum absolute atomic E-state index is 0.0471. The first kappa shape index (κ1) is 14.6. The van der Waals surface area contributed by atoms with Crippen LogP contribution in [0, 0.1) is 10.1 Å². The van der Waals surface area contributed by atoms with E-state index in [4.69, 9.17) is 4.74 Å². The summed E-state index contributed by atoms with van der Waals surface area (Å²) in [6.45, 7) is 1.80. The van der Waals surface area contributed by atoms with Gasteiger partial charge in [0.2, 0.25) is 0 Å². The summed E-state index contributed by atoms with van der Waals surface area (Å²) in [5.41, 5.74) is 0.0471. The van der Waals surface area contributed by atoms with Crippen LogP contribution >= 0.6 is 0 Å². The van der Waals surface area contributed by atoms with Crippen LogP contribution in [0.4, 0.5) is 5.69 Å². The van der Waals surface area contributed by atoms with Gasteiger partial charge >= 0.3 is 0 Å². The summed E-state index contributed by atoms with van der Waals surface area (Å²) in [6, 6.07) is 5.95. The maximum atomic E-state index is 10.8. The minimum Gasteiger partial charge on any atom is -0.492 e. The summed E-state index contributed by atoms with van der Waals surface area (Å²) in [5.74, 6) is 1.22. The quantitative estimate of drug-likeness (QED) is 0.433. The Morgan fingerprint density at radius 2 is 2.00 bits per heavy atom. The Morgan fingerprint density at radius 3 is 2.56 bits per heavy atom. The number of rotatable bonds is 8. The van der Waals surface area contributed by atoms with E-state index in [0.717, 1.165) is 0 Å². The molecule has 0 aliphatic rings. The molecule has 1 aromatic rings. The van der Waals surface area contributed by atoms with Gasteiger partial charge in [-0.05, 0) is 12.1 Å². The summed E-state index contributed by atoms with van der Waals surface area (Å²) in [4.78, 5) is 9.98. The van der Waals surface area contributed by atoms with Crippen LogP contribution in [0.3, 0.4) is 0 Å². The Balaban J connectivity index is 2.19. The molecule has 0 bridgehead atoms. The molecule has 100 valence electrons. The Hall–Kier alpha value is -1.47. The van der Waals surface area contributed by atoms with Crippen molar-refractivity contribution >= 4 is 16.5 Å². The van der Waals surface area contributed by atoms with E-state index in [1.165, 1.54) is 12.1 Å². The zero-order valence-corrected chi connectivity index (χ0v) is 10.9. The molecule has 1 atom stereocenters. The predicted octanol–water partition coefficient (Wildman–Crippen LogP) is 0.942. The lowest BCUT2D eigenvalue weighted by Crippen LogP contribution is -2.25. The van der Waals surface area contributed by atoms with Gasteiger partial charge in [0, 0.05) is 48.0 Å². The number of ether oxygens (including phenoxy) is 1. The molecule has 0 fully saturated rings. The average molecular weight is 272 g/mol. The van der Waals surface area contributed by atoms with Gasteiger partial charge in [-0.3, -0.25) is 14.3 Å². The molecule has 1 N–H and O–H groups in total. The highest BCUT2D eigenvalue weighted by molar-refractivity contribution is 7.84. The Morgan fingerprint density at radius 1 is 1.33 bits per heavy atom. The van der Waals surface area contributed by atoms with E-state index >= 15 is 0 Å². The molecular formula is C11H16N2O4S. The number of nitrogens with zero attached hydrogens (tertiary/aromatic N) is 1.